The number of nitro benzene ring substituents is 1. The lowest BCUT2D eigenvalue weighted by Crippen LogP contribution is -2.37. The summed E-state index contributed by atoms with van der Waals surface area (Å²) in [4.78, 5) is 24.2. The van der Waals surface area contributed by atoms with Crippen molar-refractivity contribution in [2.24, 2.45) is 5.92 Å². The Hall–Kier alpha value is -2.15. The van der Waals surface area contributed by atoms with E-state index in [1.165, 1.54) is 0 Å². The number of hydrogen-bond donors (Lipinski definition) is 2. The van der Waals surface area contributed by atoms with E-state index in [4.69, 9.17) is 0 Å². The fraction of sp³-hybridized carbons (Fsp3) is 0.500. The van der Waals surface area contributed by atoms with Gasteiger partial charge in [-0.2, -0.15) is 0 Å². The van der Waals surface area contributed by atoms with Gasteiger partial charge in [0.2, 0.25) is 5.75 Å². The van der Waals surface area contributed by atoms with E-state index in [0.29, 0.717) is 5.92 Å². The van der Waals surface area contributed by atoms with E-state index < -0.39 is 22.1 Å². The van der Waals surface area contributed by atoms with Crippen LogP contribution in [0.2, 0.25) is 0 Å². The van der Waals surface area contributed by atoms with Crippen LogP contribution in [0, 0.1) is 16.0 Å². The van der Waals surface area contributed by atoms with Gasteiger partial charge in [0.25, 0.3) is 0 Å². The molecule has 0 radical (unpaired) electrons. The molecule has 7 nitrogen and oxygen atoms in total. The molecule has 1 aromatic rings. The third kappa shape index (κ3) is 3.49. The molecule has 1 unspecified atom stereocenters. The van der Waals surface area contributed by atoms with E-state index in [2.05, 4.69) is 6.92 Å². The lowest BCUT2D eigenvalue weighted by Gasteiger charge is -2.30. The fourth-order valence-corrected chi connectivity index (χ4v) is 2.63. The first-order chi connectivity index (χ1) is 9.88. The quantitative estimate of drug-likeness (QED) is 0.380. The normalized spacial score (nSPS) is 19.4. The standard InChI is InChI=1S/C14H18N2O5/c1-9-3-2-4-15(7-9)8-13(18)10-5-11(16(20)21)14(19)12(17)6-10/h5-6,9,17,19H,2-4,7-8H2,1H3. The Bertz CT molecular complexity index is 573. The highest BCUT2D eigenvalue weighted by Gasteiger charge is 2.24. The molecule has 1 fully saturated rings. The summed E-state index contributed by atoms with van der Waals surface area (Å²) in [6, 6.07) is 2.07. The Morgan fingerprint density at radius 2 is 2.19 bits per heavy atom. The van der Waals surface area contributed by atoms with Crippen LogP contribution in [-0.2, 0) is 0 Å². The van der Waals surface area contributed by atoms with Crippen LogP contribution in [0.1, 0.15) is 30.1 Å². The first-order valence-electron chi connectivity index (χ1n) is 6.84. The van der Waals surface area contributed by atoms with Crippen LogP contribution in [0.25, 0.3) is 0 Å². The molecule has 0 amide bonds. The average Bonchev–Trinajstić information content (AvgIpc) is 2.41. The molecule has 1 saturated heterocycles. The van der Waals surface area contributed by atoms with Crippen molar-refractivity contribution in [2.45, 2.75) is 19.8 Å². The number of Topliss-reactive ketones (excluding diaryl/α,β-unsaturated/α-hetero) is 1. The summed E-state index contributed by atoms with van der Waals surface area (Å²) in [5, 5.41) is 29.7. The summed E-state index contributed by atoms with van der Waals surface area (Å²) in [6.07, 6.45) is 2.16. The van der Waals surface area contributed by atoms with Crippen molar-refractivity contribution in [3.8, 4) is 11.5 Å². The molecule has 1 aliphatic heterocycles. The van der Waals surface area contributed by atoms with Crippen molar-refractivity contribution in [3.63, 3.8) is 0 Å². The van der Waals surface area contributed by atoms with Crippen molar-refractivity contribution >= 4 is 11.5 Å². The molecule has 2 rings (SSSR count). The molecule has 2 N–H and O–H groups in total. The predicted molar refractivity (Wildman–Crippen MR) is 75.6 cm³/mol. The van der Waals surface area contributed by atoms with E-state index >= 15 is 0 Å². The third-order valence-electron chi connectivity index (χ3n) is 3.70. The average molecular weight is 294 g/mol. The third-order valence-corrected chi connectivity index (χ3v) is 3.70. The molecule has 21 heavy (non-hydrogen) atoms. The monoisotopic (exact) mass is 294 g/mol. The molecular formula is C14H18N2O5. The highest BCUT2D eigenvalue weighted by Crippen LogP contribution is 2.36. The minimum absolute atomic E-state index is 0.0372. The number of hydrogen-bond acceptors (Lipinski definition) is 6. The molecule has 114 valence electrons. The van der Waals surface area contributed by atoms with Gasteiger partial charge in [0.15, 0.2) is 11.5 Å². The molecular weight excluding hydrogens is 276 g/mol. The minimum atomic E-state index is -0.825. The van der Waals surface area contributed by atoms with E-state index in [9.17, 15) is 25.1 Å². The van der Waals surface area contributed by atoms with Crippen molar-refractivity contribution in [1.82, 2.24) is 4.90 Å². The predicted octanol–water partition coefficient (Wildman–Crippen LogP) is 1.92. The number of ketones is 1. The number of carbonyl (C=O) groups excluding carboxylic acids is 1. The molecule has 0 bridgehead atoms. The van der Waals surface area contributed by atoms with Crippen LogP contribution >= 0.6 is 0 Å². The maximum Gasteiger partial charge on any atom is 0.315 e. The van der Waals surface area contributed by atoms with Gasteiger partial charge in [-0.25, -0.2) is 0 Å². The molecule has 0 spiro atoms. The van der Waals surface area contributed by atoms with Crippen LogP contribution in [0.15, 0.2) is 12.1 Å². The lowest BCUT2D eigenvalue weighted by molar-refractivity contribution is -0.386. The van der Waals surface area contributed by atoms with Gasteiger partial charge in [0.05, 0.1) is 11.5 Å². The number of phenols is 2. The number of likely N-dealkylation sites (tertiary alicyclic amines) is 1. The number of piperidine rings is 1. The Labute approximate surface area is 122 Å². The topological polar surface area (TPSA) is 104 Å². The first kappa shape index (κ1) is 15.2. The zero-order chi connectivity index (χ0) is 15.6. The zero-order valence-electron chi connectivity index (χ0n) is 11.8. The molecule has 1 aromatic carbocycles. The molecule has 0 aromatic heterocycles. The van der Waals surface area contributed by atoms with Gasteiger partial charge in [-0.3, -0.25) is 19.8 Å². The van der Waals surface area contributed by atoms with E-state index in [-0.39, 0.29) is 17.9 Å². The number of carbonyl (C=O) groups is 1. The lowest BCUT2D eigenvalue weighted by atomic mass is 9.99. The SMILES string of the molecule is CC1CCCN(CC(=O)c2cc(O)c(O)c([N+](=O)[O-])c2)C1. The minimum Gasteiger partial charge on any atom is -0.504 e. The number of benzene rings is 1. The Morgan fingerprint density at radius 3 is 2.81 bits per heavy atom. The van der Waals surface area contributed by atoms with Gasteiger partial charge in [-0.15, -0.1) is 0 Å². The molecule has 1 aliphatic rings. The number of rotatable bonds is 4. The highest BCUT2D eigenvalue weighted by atomic mass is 16.6. The maximum atomic E-state index is 12.2. The molecule has 1 atom stereocenters. The number of nitro groups is 1. The Morgan fingerprint density at radius 1 is 1.48 bits per heavy atom. The summed E-state index contributed by atoms with van der Waals surface area (Å²) in [7, 11) is 0. The van der Waals surface area contributed by atoms with Crippen molar-refractivity contribution in [2.75, 3.05) is 19.6 Å². The summed E-state index contributed by atoms with van der Waals surface area (Å²) in [6.45, 7) is 3.92. The smallest absolute Gasteiger partial charge is 0.315 e. The van der Waals surface area contributed by atoms with Crippen LogP contribution in [-0.4, -0.2) is 45.5 Å². The second-order valence-electron chi connectivity index (χ2n) is 5.53. The number of aromatic hydroxyl groups is 2. The number of nitrogens with zero attached hydrogens (tertiary/aromatic N) is 2. The molecule has 0 saturated carbocycles. The molecule has 1 heterocycles. The van der Waals surface area contributed by atoms with Gasteiger partial charge in [0, 0.05) is 18.2 Å². The Balaban J connectivity index is 2.17. The van der Waals surface area contributed by atoms with E-state index in [1.807, 2.05) is 4.90 Å². The van der Waals surface area contributed by atoms with E-state index in [0.717, 1.165) is 38.1 Å². The highest BCUT2D eigenvalue weighted by molar-refractivity contribution is 5.99. The number of phenolic OH excluding ortho intramolecular Hbond substituents is 2. The van der Waals surface area contributed by atoms with Crippen molar-refractivity contribution in [3.05, 3.63) is 27.8 Å². The van der Waals surface area contributed by atoms with Gasteiger partial charge in [-0.05, 0) is 31.4 Å². The van der Waals surface area contributed by atoms with Crippen molar-refractivity contribution < 1.29 is 19.9 Å². The van der Waals surface area contributed by atoms with Gasteiger partial charge >= 0.3 is 5.69 Å². The zero-order valence-corrected chi connectivity index (χ0v) is 11.8. The van der Waals surface area contributed by atoms with Gasteiger partial charge < -0.3 is 10.2 Å². The Kier molecular flexibility index (Phi) is 4.42. The largest absolute Gasteiger partial charge is 0.504 e. The van der Waals surface area contributed by atoms with Crippen molar-refractivity contribution in [1.29, 1.82) is 0 Å². The maximum absolute atomic E-state index is 12.2. The molecule has 7 heteroatoms. The fourth-order valence-electron chi connectivity index (χ4n) is 2.63. The summed E-state index contributed by atoms with van der Waals surface area (Å²) in [5.41, 5.74) is -0.624. The van der Waals surface area contributed by atoms with Gasteiger partial charge in [0.1, 0.15) is 0 Å². The van der Waals surface area contributed by atoms with Crippen LogP contribution in [0.5, 0.6) is 11.5 Å². The van der Waals surface area contributed by atoms with Crippen LogP contribution in [0.3, 0.4) is 0 Å². The summed E-state index contributed by atoms with van der Waals surface area (Å²) < 4.78 is 0. The second-order valence-corrected chi connectivity index (χ2v) is 5.53. The first-order valence-corrected chi connectivity index (χ1v) is 6.84. The van der Waals surface area contributed by atoms with Crippen LogP contribution in [0.4, 0.5) is 5.69 Å². The van der Waals surface area contributed by atoms with Gasteiger partial charge in [-0.1, -0.05) is 6.92 Å². The second kappa shape index (κ2) is 6.09. The summed E-state index contributed by atoms with van der Waals surface area (Å²) >= 11 is 0. The van der Waals surface area contributed by atoms with Crippen LogP contribution < -0.4 is 0 Å². The summed E-state index contributed by atoms with van der Waals surface area (Å²) in [5.74, 6) is -1.25. The van der Waals surface area contributed by atoms with E-state index in [1.54, 1.807) is 0 Å². The molecule has 0 aliphatic carbocycles.